The number of nitrogens with two attached hydrogens (primary N) is 1. The molecule has 0 spiro atoms. The number of hydrogen-bond acceptors (Lipinski definition) is 5. The van der Waals surface area contributed by atoms with E-state index in [0.717, 1.165) is 18.7 Å². The highest BCUT2D eigenvalue weighted by Gasteiger charge is 2.29. The largest absolute Gasteiger partial charge is 0.330 e. The molecule has 0 aromatic carbocycles. The highest BCUT2D eigenvalue weighted by Crippen LogP contribution is 2.27. The Balaban J connectivity index is 1.92. The van der Waals surface area contributed by atoms with Crippen molar-refractivity contribution in [1.82, 2.24) is 9.88 Å². The number of carbonyl (C=O) groups is 1. The maximum Gasteiger partial charge on any atom is 0.240 e. The van der Waals surface area contributed by atoms with Crippen LogP contribution < -0.4 is 11.1 Å². The smallest absolute Gasteiger partial charge is 0.240 e. The zero-order valence-corrected chi connectivity index (χ0v) is 13.8. The lowest BCUT2D eigenvalue weighted by molar-refractivity contribution is -0.118. The summed E-state index contributed by atoms with van der Waals surface area (Å²) in [6.45, 7) is 6.07. The highest BCUT2D eigenvalue weighted by molar-refractivity contribution is 7.13. The molecule has 1 saturated carbocycles. The van der Waals surface area contributed by atoms with Crippen molar-refractivity contribution in [3.63, 3.8) is 0 Å². The molecule has 0 radical (unpaired) electrons. The minimum atomic E-state index is 0.0209. The zero-order valence-electron chi connectivity index (χ0n) is 13.0. The minimum absolute atomic E-state index is 0.0209. The van der Waals surface area contributed by atoms with Crippen LogP contribution in [0.25, 0.3) is 0 Å². The predicted molar refractivity (Wildman–Crippen MR) is 87.5 cm³/mol. The SMILES string of the molecule is CCN(CC(=O)Nc1nc(C)cs1)C1CCCCC1CN. The van der Waals surface area contributed by atoms with Gasteiger partial charge in [0, 0.05) is 11.4 Å². The van der Waals surface area contributed by atoms with E-state index in [9.17, 15) is 4.79 Å². The molecule has 3 N–H and O–H groups in total. The molecule has 1 amide bonds. The summed E-state index contributed by atoms with van der Waals surface area (Å²) in [6.07, 6.45) is 4.84. The third kappa shape index (κ3) is 4.49. The van der Waals surface area contributed by atoms with E-state index in [1.807, 2.05) is 12.3 Å². The summed E-state index contributed by atoms with van der Waals surface area (Å²) in [6, 6.07) is 0.442. The first-order chi connectivity index (χ1) is 10.1. The van der Waals surface area contributed by atoms with Crippen molar-refractivity contribution in [3.05, 3.63) is 11.1 Å². The zero-order chi connectivity index (χ0) is 15.2. The topological polar surface area (TPSA) is 71.2 Å². The molecule has 118 valence electrons. The number of hydrogen-bond donors (Lipinski definition) is 2. The van der Waals surface area contributed by atoms with Crippen LogP contribution in [0.3, 0.4) is 0 Å². The number of anilines is 1. The van der Waals surface area contributed by atoms with E-state index >= 15 is 0 Å². The normalized spacial score (nSPS) is 22.5. The fourth-order valence-electron chi connectivity index (χ4n) is 3.16. The predicted octanol–water partition coefficient (Wildman–Crippen LogP) is 2.23. The molecular weight excluding hydrogens is 284 g/mol. The number of carbonyl (C=O) groups excluding carboxylic acids is 1. The molecule has 6 heteroatoms. The van der Waals surface area contributed by atoms with Crippen LogP contribution in [0.1, 0.15) is 38.3 Å². The van der Waals surface area contributed by atoms with E-state index < -0.39 is 0 Å². The average molecular weight is 310 g/mol. The number of rotatable bonds is 6. The number of aryl methyl sites for hydroxylation is 1. The molecular formula is C15H26N4OS. The first-order valence-corrected chi connectivity index (χ1v) is 8.68. The molecule has 2 rings (SSSR count). The highest BCUT2D eigenvalue weighted by atomic mass is 32.1. The summed E-state index contributed by atoms with van der Waals surface area (Å²) in [5, 5.41) is 5.53. The average Bonchev–Trinajstić information content (AvgIpc) is 2.89. The molecule has 2 atom stereocenters. The number of nitrogens with zero attached hydrogens (tertiary/aromatic N) is 2. The van der Waals surface area contributed by atoms with Gasteiger partial charge in [0.05, 0.1) is 12.2 Å². The van der Waals surface area contributed by atoms with Gasteiger partial charge < -0.3 is 11.1 Å². The van der Waals surface area contributed by atoms with Gasteiger partial charge in [0.25, 0.3) is 0 Å². The molecule has 1 fully saturated rings. The van der Waals surface area contributed by atoms with Crippen molar-refractivity contribution in [2.75, 3.05) is 25.0 Å². The lowest BCUT2D eigenvalue weighted by Crippen LogP contribution is -2.47. The summed E-state index contributed by atoms with van der Waals surface area (Å²) in [5.74, 6) is 0.543. The maximum absolute atomic E-state index is 12.2. The summed E-state index contributed by atoms with van der Waals surface area (Å²) < 4.78 is 0. The minimum Gasteiger partial charge on any atom is -0.330 e. The molecule has 1 aliphatic rings. The first-order valence-electron chi connectivity index (χ1n) is 7.80. The van der Waals surface area contributed by atoms with Crippen LogP contribution in [0.4, 0.5) is 5.13 Å². The van der Waals surface area contributed by atoms with Gasteiger partial charge >= 0.3 is 0 Å². The van der Waals surface area contributed by atoms with Crippen LogP contribution in [0.5, 0.6) is 0 Å². The molecule has 2 unspecified atom stereocenters. The Kier molecular flexibility index (Phi) is 6.14. The van der Waals surface area contributed by atoms with Crippen LogP contribution in [-0.2, 0) is 4.79 Å². The maximum atomic E-state index is 12.2. The van der Waals surface area contributed by atoms with Crippen molar-refractivity contribution < 1.29 is 4.79 Å². The molecule has 1 heterocycles. The summed E-state index contributed by atoms with van der Waals surface area (Å²) in [5.41, 5.74) is 6.85. The fourth-order valence-corrected chi connectivity index (χ4v) is 3.87. The van der Waals surface area contributed by atoms with Crippen molar-refractivity contribution in [1.29, 1.82) is 0 Å². The van der Waals surface area contributed by atoms with Gasteiger partial charge in [0.1, 0.15) is 0 Å². The number of aromatic nitrogens is 1. The number of nitrogens with one attached hydrogen (secondary N) is 1. The van der Waals surface area contributed by atoms with Crippen LogP contribution in [-0.4, -0.2) is 41.5 Å². The summed E-state index contributed by atoms with van der Waals surface area (Å²) >= 11 is 1.47. The number of likely N-dealkylation sites (N-methyl/N-ethyl adjacent to an activating group) is 1. The Morgan fingerprint density at radius 2 is 2.29 bits per heavy atom. The van der Waals surface area contributed by atoms with Gasteiger partial charge in [-0.15, -0.1) is 11.3 Å². The van der Waals surface area contributed by atoms with E-state index in [4.69, 9.17) is 5.73 Å². The Morgan fingerprint density at radius 1 is 1.52 bits per heavy atom. The van der Waals surface area contributed by atoms with Gasteiger partial charge in [-0.1, -0.05) is 19.8 Å². The van der Waals surface area contributed by atoms with Gasteiger partial charge in [-0.2, -0.15) is 0 Å². The van der Waals surface area contributed by atoms with Crippen molar-refractivity contribution in [2.24, 2.45) is 11.7 Å². The number of thiazole rings is 1. The standard InChI is InChI=1S/C15H26N4OS/c1-3-19(13-7-5-4-6-12(13)8-16)9-14(20)18-15-17-11(2)10-21-15/h10,12-13H,3-9,16H2,1-2H3,(H,17,18,20). The lowest BCUT2D eigenvalue weighted by Gasteiger charge is -2.38. The van der Waals surface area contributed by atoms with Gasteiger partial charge in [-0.05, 0) is 38.8 Å². The molecule has 21 heavy (non-hydrogen) atoms. The lowest BCUT2D eigenvalue weighted by atomic mass is 9.83. The Labute approximate surface area is 130 Å². The summed E-state index contributed by atoms with van der Waals surface area (Å²) in [4.78, 5) is 18.8. The van der Waals surface area contributed by atoms with Gasteiger partial charge in [0.15, 0.2) is 5.13 Å². The second kappa shape index (κ2) is 7.87. The Bertz CT molecular complexity index is 462. The Hall–Kier alpha value is -0.980. The summed E-state index contributed by atoms with van der Waals surface area (Å²) in [7, 11) is 0. The van der Waals surface area contributed by atoms with Crippen LogP contribution in [0, 0.1) is 12.8 Å². The monoisotopic (exact) mass is 310 g/mol. The fraction of sp³-hybridized carbons (Fsp3) is 0.733. The molecule has 0 bridgehead atoms. The third-order valence-electron chi connectivity index (χ3n) is 4.26. The van der Waals surface area contributed by atoms with E-state index in [1.54, 1.807) is 0 Å². The van der Waals surface area contributed by atoms with E-state index in [2.05, 4.69) is 22.1 Å². The van der Waals surface area contributed by atoms with E-state index in [1.165, 1.54) is 30.6 Å². The molecule has 0 saturated heterocycles. The van der Waals surface area contributed by atoms with Crippen molar-refractivity contribution in [2.45, 2.75) is 45.6 Å². The van der Waals surface area contributed by atoms with E-state index in [0.29, 0.717) is 30.2 Å². The molecule has 5 nitrogen and oxygen atoms in total. The quantitative estimate of drug-likeness (QED) is 0.845. The van der Waals surface area contributed by atoms with Crippen molar-refractivity contribution in [3.8, 4) is 0 Å². The first kappa shape index (κ1) is 16.4. The van der Waals surface area contributed by atoms with Crippen LogP contribution in [0.2, 0.25) is 0 Å². The molecule has 1 aliphatic carbocycles. The van der Waals surface area contributed by atoms with E-state index in [-0.39, 0.29) is 5.91 Å². The Morgan fingerprint density at radius 3 is 2.90 bits per heavy atom. The molecule has 1 aromatic rings. The molecule has 0 aliphatic heterocycles. The second-order valence-corrected chi connectivity index (χ2v) is 6.61. The molecule has 1 aromatic heterocycles. The van der Waals surface area contributed by atoms with Gasteiger partial charge in [-0.3, -0.25) is 9.69 Å². The van der Waals surface area contributed by atoms with Crippen LogP contribution in [0.15, 0.2) is 5.38 Å². The van der Waals surface area contributed by atoms with Crippen LogP contribution >= 0.6 is 11.3 Å². The van der Waals surface area contributed by atoms with Gasteiger partial charge in [-0.25, -0.2) is 4.98 Å². The number of amides is 1. The van der Waals surface area contributed by atoms with Gasteiger partial charge in [0.2, 0.25) is 5.91 Å². The van der Waals surface area contributed by atoms with Crippen molar-refractivity contribution >= 4 is 22.4 Å². The second-order valence-electron chi connectivity index (χ2n) is 5.75. The third-order valence-corrected chi connectivity index (χ3v) is 5.13.